The molecule has 9 nitrogen and oxygen atoms in total. The van der Waals surface area contributed by atoms with Gasteiger partial charge in [-0.2, -0.15) is 4.31 Å². The maximum absolute atomic E-state index is 12.7. The molecular weight excluding hydrogens is 464 g/mol. The Kier molecular flexibility index (Phi) is 6.84. The van der Waals surface area contributed by atoms with E-state index in [4.69, 9.17) is 4.74 Å². The summed E-state index contributed by atoms with van der Waals surface area (Å²) in [7, 11) is -1.97. The molecule has 2 heterocycles. The molecule has 0 aliphatic carbocycles. The number of benzene rings is 2. The van der Waals surface area contributed by atoms with Gasteiger partial charge in [0.25, 0.3) is 5.56 Å². The number of fused-ring (bicyclic) bond motifs is 1. The first-order chi connectivity index (χ1) is 15.8. The van der Waals surface area contributed by atoms with E-state index in [1.165, 1.54) is 32.8 Å². The van der Waals surface area contributed by atoms with Crippen LogP contribution < -0.4 is 10.9 Å². The Morgan fingerprint density at radius 2 is 1.79 bits per heavy atom. The van der Waals surface area contributed by atoms with Crippen LogP contribution >= 0.6 is 11.8 Å². The van der Waals surface area contributed by atoms with Crippen LogP contribution in [-0.4, -0.2) is 59.7 Å². The van der Waals surface area contributed by atoms with E-state index in [0.29, 0.717) is 48.1 Å². The lowest BCUT2D eigenvalue weighted by Crippen LogP contribution is -2.40. The molecule has 0 radical (unpaired) electrons. The van der Waals surface area contributed by atoms with Crippen LogP contribution in [0, 0.1) is 0 Å². The van der Waals surface area contributed by atoms with E-state index >= 15 is 0 Å². The maximum Gasteiger partial charge on any atom is 0.261 e. The van der Waals surface area contributed by atoms with Crippen molar-refractivity contribution in [3.63, 3.8) is 0 Å². The second-order valence-electron chi connectivity index (χ2n) is 7.57. The Balaban J connectivity index is 1.45. The molecule has 11 heteroatoms. The Labute approximate surface area is 195 Å². The highest BCUT2D eigenvalue weighted by molar-refractivity contribution is 8.00. The summed E-state index contributed by atoms with van der Waals surface area (Å²) in [5, 5.41) is 3.21. The molecule has 1 aliphatic heterocycles. The predicted molar refractivity (Wildman–Crippen MR) is 127 cm³/mol. The number of aromatic nitrogens is 2. The molecule has 0 bridgehead atoms. The molecule has 1 aromatic heterocycles. The van der Waals surface area contributed by atoms with Crippen molar-refractivity contribution in [2.75, 3.05) is 31.6 Å². The molecule has 0 saturated carbocycles. The van der Waals surface area contributed by atoms with Gasteiger partial charge in [0.2, 0.25) is 15.9 Å². The maximum atomic E-state index is 12.7. The lowest BCUT2D eigenvalue weighted by atomic mass is 10.2. The van der Waals surface area contributed by atoms with Crippen molar-refractivity contribution in [2.24, 2.45) is 7.05 Å². The smallest absolute Gasteiger partial charge is 0.261 e. The molecule has 33 heavy (non-hydrogen) atoms. The molecule has 0 spiro atoms. The van der Waals surface area contributed by atoms with E-state index in [1.807, 2.05) is 6.07 Å². The average Bonchev–Trinajstić information content (AvgIpc) is 2.83. The second-order valence-corrected chi connectivity index (χ2v) is 10.8. The van der Waals surface area contributed by atoms with Crippen LogP contribution in [0.15, 0.2) is 63.4 Å². The van der Waals surface area contributed by atoms with E-state index < -0.39 is 15.3 Å². The van der Waals surface area contributed by atoms with Crippen molar-refractivity contribution in [3.8, 4) is 0 Å². The third-order valence-corrected chi connectivity index (χ3v) is 8.38. The molecule has 4 rings (SSSR count). The number of nitrogens with one attached hydrogen (secondary N) is 1. The molecule has 1 fully saturated rings. The van der Waals surface area contributed by atoms with E-state index in [-0.39, 0.29) is 16.4 Å². The Bertz CT molecular complexity index is 1330. The predicted octanol–water partition coefficient (Wildman–Crippen LogP) is 2.07. The van der Waals surface area contributed by atoms with Crippen molar-refractivity contribution < 1.29 is 17.9 Å². The summed E-state index contributed by atoms with van der Waals surface area (Å²) in [4.78, 5) is 30.0. The van der Waals surface area contributed by atoms with Crippen molar-refractivity contribution in [1.29, 1.82) is 0 Å². The Hall–Kier alpha value is -2.73. The lowest BCUT2D eigenvalue weighted by molar-refractivity contribution is -0.115. The zero-order valence-corrected chi connectivity index (χ0v) is 19.9. The zero-order chi connectivity index (χ0) is 23.6. The third kappa shape index (κ3) is 4.96. The van der Waals surface area contributed by atoms with Crippen molar-refractivity contribution in [2.45, 2.75) is 22.2 Å². The number of ether oxygens (including phenoxy) is 1. The minimum atomic E-state index is -3.60. The SMILES string of the molecule is C[C@H](Sc1nc2ccccc2c(=O)n1C)C(=O)Nc1ccc(S(=O)(=O)N2CCOCC2)cc1. The van der Waals surface area contributed by atoms with Gasteiger partial charge in [-0.3, -0.25) is 14.2 Å². The van der Waals surface area contributed by atoms with Crippen LogP contribution in [0.25, 0.3) is 10.9 Å². The van der Waals surface area contributed by atoms with Gasteiger partial charge < -0.3 is 10.1 Å². The van der Waals surface area contributed by atoms with Gasteiger partial charge in [0.1, 0.15) is 0 Å². The summed E-state index contributed by atoms with van der Waals surface area (Å²) in [5.74, 6) is -0.286. The zero-order valence-electron chi connectivity index (χ0n) is 18.2. The number of hydrogen-bond donors (Lipinski definition) is 1. The van der Waals surface area contributed by atoms with Crippen LogP contribution in [0.4, 0.5) is 5.69 Å². The number of anilines is 1. The summed E-state index contributed by atoms with van der Waals surface area (Å²) < 4.78 is 33.5. The van der Waals surface area contributed by atoms with Gasteiger partial charge in [-0.15, -0.1) is 0 Å². The van der Waals surface area contributed by atoms with Crippen molar-refractivity contribution in [1.82, 2.24) is 13.9 Å². The van der Waals surface area contributed by atoms with Crippen LogP contribution in [0.3, 0.4) is 0 Å². The Morgan fingerprint density at radius 1 is 1.12 bits per heavy atom. The molecule has 2 aromatic carbocycles. The lowest BCUT2D eigenvalue weighted by Gasteiger charge is -2.26. The molecule has 3 aromatic rings. The molecular formula is C22H24N4O5S2. The number of rotatable bonds is 6. The largest absolute Gasteiger partial charge is 0.379 e. The van der Waals surface area contributed by atoms with Gasteiger partial charge >= 0.3 is 0 Å². The second kappa shape index (κ2) is 9.64. The molecule has 1 saturated heterocycles. The average molecular weight is 489 g/mol. The minimum absolute atomic E-state index is 0.167. The number of carbonyl (C=O) groups excluding carboxylic acids is 1. The topological polar surface area (TPSA) is 111 Å². The number of thioether (sulfide) groups is 1. The number of amides is 1. The fraction of sp³-hybridized carbons (Fsp3) is 0.318. The monoisotopic (exact) mass is 488 g/mol. The fourth-order valence-electron chi connectivity index (χ4n) is 3.40. The van der Waals surface area contributed by atoms with Gasteiger partial charge in [0.15, 0.2) is 5.16 Å². The van der Waals surface area contributed by atoms with Gasteiger partial charge in [0.05, 0.1) is 34.3 Å². The number of nitrogens with zero attached hydrogens (tertiary/aromatic N) is 3. The number of para-hydroxylation sites is 1. The fourth-order valence-corrected chi connectivity index (χ4v) is 5.69. The quantitative estimate of drug-likeness (QED) is 0.418. The number of sulfonamides is 1. The van der Waals surface area contributed by atoms with Crippen LogP contribution in [0.1, 0.15) is 6.92 Å². The van der Waals surface area contributed by atoms with Crippen LogP contribution in [0.2, 0.25) is 0 Å². The molecule has 1 aliphatic rings. The van der Waals surface area contributed by atoms with Gasteiger partial charge in [-0.1, -0.05) is 23.9 Å². The summed E-state index contributed by atoms with van der Waals surface area (Å²) >= 11 is 1.18. The highest BCUT2D eigenvalue weighted by Gasteiger charge is 2.26. The van der Waals surface area contributed by atoms with Crippen LogP contribution in [-0.2, 0) is 26.6 Å². The molecule has 1 amide bonds. The Morgan fingerprint density at radius 3 is 2.48 bits per heavy atom. The first-order valence-electron chi connectivity index (χ1n) is 10.4. The van der Waals surface area contributed by atoms with Crippen molar-refractivity contribution >= 4 is 44.3 Å². The molecule has 1 N–H and O–H groups in total. The minimum Gasteiger partial charge on any atom is -0.379 e. The molecule has 1 atom stereocenters. The summed E-state index contributed by atoms with van der Waals surface area (Å²) in [6, 6.07) is 13.2. The first kappa shape index (κ1) is 23.4. The van der Waals surface area contributed by atoms with E-state index in [2.05, 4.69) is 10.3 Å². The highest BCUT2D eigenvalue weighted by Crippen LogP contribution is 2.24. The van der Waals surface area contributed by atoms with Crippen LogP contribution in [0.5, 0.6) is 0 Å². The summed E-state index contributed by atoms with van der Waals surface area (Å²) in [6.45, 7) is 3.11. The van der Waals surface area contributed by atoms with E-state index in [1.54, 1.807) is 44.3 Å². The summed E-state index contributed by atoms with van der Waals surface area (Å²) in [5.41, 5.74) is 0.884. The van der Waals surface area contributed by atoms with Gasteiger partial charge in [-0.25, -0.2) is 13.4 Å². The highest BCUT2D eigenvalue weighted by atomic mass is 32.2. The normalized spacial score (nSPS) is 15.9. The van der Waals surface area contributed by atoms with E-state index in [9.17, 15) is 18.0 Å². The van der Waals surface area contributed by atoms with Crippen molar-refractivity contribution in [3.05, 3.63) is 58.9 Å². The standard InChI is InChI=1S/C22H24N4O5S2/c1-15(32-22-24-19-6-4-3-5-18(19)21(28)25(22)2)20(27)23-16-7-9-17(10-8-16)33(29,30)26-11-13-31-14-12-26/h3-10,15H,11-14H2,1-2H3,(H,23,27)/t15-/m0/s1. The van der Waals surface area contributed by atoms with Gasteiger partial charge in [-0.05, 0) is 43.3 Å². The molecule has 0 unspecified atom stereocenters. The third-order valence-electron chi connectivity index (χ3n) is 5.32. The summed E-state index contributed by atoms with van der Waals surface area (Å²) in [6.07, 6.45) is 0. The van der Waals surface area contributed by atoms with Gasteiger partial charge in [0, 0.05) is 25.8 Å². The number of morpholine rings is 1. The first-order valence-corrected chi connectivity index (χ1v) is 12.7. The van der Waals surface area contributed by atoms with E-state index in [0.717, 1.165) is 0 Å². The number of hydrogen-bond acceptors (Lipinski definition) is 7. The molecule has 174 valence electrons. The number of carbonyl (C=O) groups is 1.